The van der Waals surface area contributed by atoms with Gasteiger partial charge < -0.3 is 28.4 Å². The number of benzene rings is 3. The first kappa shape index (κ1) is 35.5. The Bertz CT molecular complexity index is 1270. The van der Waals surface area contributed by atoms with Crippen molar-refractivity contribution in [2.24, 2.45) is 0 Å². The van der Waals surface area contributed by atoms with Gasteiger partial charge in [-0.2, -0.15) is 0 Å². The molecule has 242 valence electrons. The normalized spacial score (nSPS) is 11.5. The largest absolute Gasteiger partial charge is 0.491 e. The molecule has 0 aliphatic carbocycles. The zero-order valence-electron chi connectivity index (χ0n) is 26.5. The summed E-state index contributed by atoms with van der Waals surface area (Å²) in [7, 11) is 0. The van der Waals surface area contributed by atoms with Gasteiger partial charge in [0.1, 0.15) is 18.1 Å². The first-order valence-corrected chi connectivity index (χ1v) is 15.7. The fraction of sp³-hybridized carbons (Fsp3) is 0.405. The zero-order valence-corrected chi connectivity index (χ0v) is 26.5. The highest BCUT2D eigenvalue weighted by Crippen LogP contribution is 2.24. The van der Waals surface area contributed by atoms with Crippen molar-refractivity contribution in [3.8, 4) is 22.6 Å². The number of hydrogen-bond acceptors (Lipinski definition) is 8. The van der Waals surface area contributed by atoms with Gasteiger partial charge in [-0.05, 0) is 79.4 Å². The van der Waals surface area contributed by atoms with E-state index in [-0.39, 0.29) is 12.1 Å². The molecule has 0 amide bonds. The van der Waals surface area contributed by atoms with Gasteiger partial charge in [0.15, 0.2) is 0 Å². The summed E-state index contributed by atoms with van der Waals surface area (Å²) >= 11 is 0. The van der Waals surface area contributed by atoms with Crippen molar-refractivity contribution in [3.63, 3.8) is 0 Å². The van der Waals surface area contributed by atoms with Crippen LogP contribution in [0.5, 0.6) is 11.5 Å². The van der Waals surface area contributed by atoms with Crippen LogP contribution < -0.4 is 9.47 Å². The van der Waals surface area contributed by atoms with Crippen molar-refractivity contribution in [3.05, 3.63) is 96.6 Å². The van der Waals surface area contributed by atoms with Crippen LogP contribution in [0.4, 0.5) is 0 Å². The van der Waals surface area contributed by atoms with E-state index in [4.69, 9.17) is 28.4 Å². The molecule has 1 unspecified atom stereocenters. The van der Waals surface area contributed by atoms with E-state index in [1.807, 2.05) is 43.3 Å². The number of carbonyl (C=O) groups is 2. The van der Waals surface area contributed by atoms with Gasteiger partial charge in [0.25, 0.3) is 0 Å². The van der Waals surface area contributed by atoms with Crippen LogP contribution in [0.25, 0.3) is 11.1 Å². The van der Waals surface area contributed by atoms with Gasteiger partial charge in [0.05, 0.1) is 56.9 Å². The summed E-state index contributed by atoms with van der Waals surface area (Å²) in [5.74, 6) is 0.244. The van der Waals surface area contributed by atoms with E-state index in [1.165, 1.54) is 12.8 Å². The topological polar surface area (TPSA) is 89.5 Å². The van der Waals surface area contributed by atoms with Crippen LogP contribution in [0.3, 0.4) is 0 Å². The van der Waals surface area contributed by atoms with Crippen molar-refractivity contribution >= 4 is 11.9 Å². The van der Waals surface area contributed by atoms with Crippen LogP contribution in [0.1, 0.15) is 66.7 Å². The van der Waals surface area contributed by atoms with Gasteiger partial charge in [-0.15, -0.1) is 6.58 Å². The van der Waals surface area contributed by atoms with Crippen molar-refractivity contribution in [2.75, 3.05) is 46.2 Å². The molecule has 3 rings (SSSR count). The average molecular weight is 619 g/mol. The molecule has 0 radical (unpaired) electrons. The van der Waals surface area contributed by atoms with Gasteiger partial charge in [-0.1, -0.05) is 56.5 Å². The van der Waals surface area contributed by atoms with Gasteiger partial charge in [0, 0.05) is 0 Å². The third-order valence-electron chi connectivity index (χ3n) is 6.86. The predicted molar refractivity (Wildman–Crippen MR) is 175 cm³/mol. The van der Waals surface area contributed by atoms with Gasteiger partial charge in [0.2, 0.25) is 0 Å². The summed E-state index contributed by atoms with van der Waals surface area (Å²) < 4.78 is 33.0. The van der Waals surface area contributed by atoms with Crippen molar-refractivity contribution in [1.82, 2.24) is 0 Å². The van der Waals surface area contributed by atoms with E-state index in [0.717, 1.165) is 36.1 Å². The van der Waals surface area contributed by atoms with Gasteiger partial charge >= 0.3 is 11.9 Å². The third kappa shape index (κ3) is 13.7. The lowest BCUT2D eigenvalue weighted by Crippen LogP contribution is -2.15. The highest BCUT2D eigenvalue weighted by atomic mass is 16.6. The molecule has 0 saturated heterocycles. The highest BCUT2D eigenvalue weighted by Gasteiger charge is 2.14. The van der Waals surface area contributed by atoms with Crippen LogP contribution in [-0.4, -0.2) is 64.3 Å². The van der Waals surface area contributed by atoms with Crippen LogP contribution in [0, 0.1) is 0 Å². The fourth-order valence-corrected chi connectivity index (χ4v) is 4.36. The molecule has 0 aliphatic heterocycles. The number of unbranched alkanes of at least 4 members (excludes halogenated alkanes) is 3. The van der Waals surface area contributed by atoms with Gasteiger partial charge in [-0.3, -0.25) is 0 Å². The number of ether oxygens (including phenoxy) is 6. The standard InChI is InChI=1S/C37H46O8/c1-4-6-7-8-9-29(3)44-36(38)33-16-20-35(21-17-33)45-37(39)32-12-10-30(11-13-32)31-14-18-34(19-15-31)43-28-27-42-26-25-41-24-23-40-22-5-2/h5,10-21,29H,2,4,6-9,22-28H2,1,3H3. The molecule has 0 saturated carbocycles. The Morgan fingerprint density at radius 1 is 0.667 bits per heavy atom. The molecule has 0 aromatic heterocycles. The molecule has 0 fully saturated rings. The average Bonchev–Trinajstić information content (AvgIpc) is 3.06. The molecule has 45 heavy (non-hydrogen) atoms. The molecule has 8 heteroatoms. The van der Waals surface area contributed by atoms with Crippen molar-refractivity contribution in [1.29, 1.82) is 0 Å². The molecule has 0 bridgehead atoms. The predicted octanol–water partition coefficient (Wildman–Crippen LogP) is 7.70. The Hall–Kier alpha value is -3.98. The maximum absolute atomic E-state index is 12.7. The minimum atomic E-state index is -0.479. The lowest BCUT2D eigenvalue weighted by molar-refractivity contribution is 0.0135. The maximum atomic E-state index is 12.7. The Labute approximate surface area is 267 Å². The number of carbonyl (C=O) groups excluding carboxylic acids is 2. The molecule has 1 atom stereocenters. The van der Waals surface area contributed by atoms with E-state index in [1.54, 1.807) is 42.5 Å². The summed E-state index contributed by atoms with van der Waals surface area (Å²) in [5, 5.41) is 0. The van der Waals surface area contributed by atoms with Crippen LogP contribution in [0.2, 0.25) is 0 Å². The summed E-state index contributed by atoms with van der Waals surface area (Å²) in [6, 6.07) is 21.3. The Morgan fingerprint density at radius 3 is 1.82 bits per heavy atom. The molecular formula is C37H46O8. The molecule has 0 N–H and O–H groups in total. The SMILES string of the molecule is C=CCOCCOCCOCCOc1ccc(-c2ccc(C(=O)Oc3ccc(C(=O)OC(C)CCCCCC)cc3)cc2)cc1. The number of rotatable bonds is 22. The smallest absolute Gasteiger partial charge is 0.343 e. The maximum Gasteiger partial charge on any atom is 0.343 e. The Kier molecular flexibility index (Phi) is 16.5. The van der Waals surface area contributed by atoms with Crippen LogP contribution >= 0.6 is 0 Å². The van der Waals surface area contributed by atoms with E-state index in [2.05, 4.69) is 13.5 Å². The van der Waals surface area contributed by atoms with Crippen molar-refractivity contribution < 1.29 is 38.0 Å². The number of esters is 2. The lowest BCUT2D eigenvalue weighted by Gasteiger charge is -2.13. The minimum absolute atomic E-state index is 0.137. The first-order chi connectivity index (χ1) is 22.0. The van der Waals surface area contributed by atoms with E-state index < -0.39 is 5.97 Å². The summed E-state index contributed by atoms with van der Waals surface area (Å²) in [6.07, 6.45) is 6.97. The third-order valence-corrected chi connectivity index (χ3v) is 6.86. The summed E-state index contributed by atoms with van der Waals surface area (Å²) in [4.78, 5) is 25.2. The Morgan fingerprint density at radius 2 is 1.20 bits per heavy atom. The molecule has 3 aromatic carbocycles. The quantitative estimate of drug-likeness (QED) is 0.0490. The van der Waals surface area contributed by atoms with Crippen LogP contribution in [-0.2, 0) is 18.9 Å². The second kappa shape index (κ2) is 20.9. The second-order valence-corrected chi connectivity index (χ2v) is 10.5. The number of hydrogen-bond donors (Lipinski definition) is 0. The molecule has 0 aliphatic rings. The molecule has 3 aromatic rings. The molecular weight excluding hydrogens is 572 g/mol. The Balaban J connectivity index is 1.37. The van der Waals surface area contributed by atoms with E-state index in [9.17, 15) is 9.59 Å². The van der Waals surface area contributed by atoms with Crippen LogP contribution in [0.15, 0.2) is 85.5 Å². The minimum Gasteiger partial charge on any atom is -0.491 e. The summed E-state index contributed by atoms with van der Waals surface area (Å²) in [5.41, 5.74) is 2.79. The molecule has 0 heterocycles. The zero-order chi connectivity index (χ0) is 32.1. The van der Waals surface area contributed by atoms with E-state index in [0.29, 0.717) is 63.1 Å². The summed E-state index contributed by atoms with van der Waals surface area (Å²) in [6.45, 7) is 11.2. The second-order valence-electron chi connectivity index (χ2n) is 10.5. The molecule has 0 spiro atoms. The highest BCUT2D eigenvalue weighted by molar-refractivity contribution is 5.92. The van der Waals surface area contributed by atoms with E-state index >= 15 is 0 Å². The fourth-order valence-electron chi connectivity index (χ4n) is 4.36. The van der Waals surface area contributed by atoms with Gasteiger partial charge in [-0.25, -0.2) is 9.59 Å². The monoisotopic (exact) mass is 618 g/mol. The molecule has 8 nitrogen and oxygen atoms in total. The van der Waals surface area contributed by atoms with Crippen molar-refractivity contribution in [2.45, 2.75) is 52.1 Å². The first-order valence-electron chi connectivity index (χ1n) is 15.7. The lowest BCUT2D eigenvalue weighted by atomic mass is 10.0.